The van der Waals surface area contributed by atoms with Crippen molar-refractivity contribution in [2.75, 3.05) is 0 Å². The number of hydrogen-bond acceptors (Lipinski definition) is 1. The molecule has 0 nitrogen and oxygen atoms in total. The Balaban J connectivity index is 0.872. The van der Waals surface area contributed by atoms with Crippen LogP contribution in [0.4, 0.5) is 0 Å². The summed E-state index contributed by atoms with van der Waals surface area (Å²) in [4.78, 5) is 0. The second-order valence-corrected chi connectivity index (χ2v) is 23.1. The number of fused-ring (bicyclic) bond motifs is 14. The largest absolute Gasteiger partial charge is 0.135 e. The lowest BCUT2D eigenvalue weighted by atomic mass is 9.82. The van der Waals surface area contributed by atoms with Crippen molar-refractivity contribution in [3.8, 4) is 55.6 Å². The maximum absolute atomic E-state index is 2.53. The Labute approximate surface area is 433 Å². The summed E-state index contributed by atoms with van der Waals surface area (Å²) >= 11 is 1.93. The van der Waals surface area contributed by atoms with Crippen molar-refractivity contribution in [2.24, 2.45) is 0 Å². The zero-order valence-corrected chi connectivity index (χ0v) is 41.9. The van der Waals surface area contributed by atoms with E-state index >= 15 is 0 Å². The fourth-order valence-corrected chi connectivity index (χ4v) is 16.6. The molecule has 0 saturated carbocycles. The molecule has 16 rings (SSSR count). The lowest BCUT2D eigenvalue weighted by Crippen LogP contribution is -2.22. The van der Waals surface area contributed by atoms with Crippen LogP contribution in [0, 0.1) is 0 Å². The van der Waals surface area contributed by atoms with Crippen molar-refractivity contribution in [3.63, 3.8) is 0 Å². The lowest BCUT2D eigenvalue weighted by molar-refractivity contribution is 1.62. The van der Waals surface area contributed by atoms with Gasteiger partial charge in [-0.25, -0.2) is 0 Å². The quantitative estimate of drug-likeness (QED) is 0.115. The molecule has 0 radical (unpaired) electrons. The molecule has 0 N–H and O–H groups in total. The summed E-state index contributed by atoms with van der Waals surface area (Å²) in [5.41, 5.74) is 12.9. The van der Waals surface area contributed by atoms with Crippen LogP contribution in [0.3, 0.4) is 0 Å². The van der Waals surface area contributed by atoms with Gasteiger partial charge in [0.05, 0.1) is 0 Å². The van der Waals surface area contributed by atoms with Crippen molar-refractivity contribution < 1.29 is 0 Å². The maximum atomic E-state index is 2.53. The van der Waals surface area contributed by atoms with Gasteiger partial charge in [-0.05, 0) is 168 Å². The van der Waals surface area contributed by atoms with Crippen LogP contribution in [0.2, 0.25) is 0 Å². The topological polar surface area (TPSA) is 0 Å². The normalized spacial score (nSPS) is 12.2. The van der Waals surface area contributed by atoms with Crippen molar-refractivity contribution in [3.05, 3.63) is 261 Å². The van der Waals surface area contributed by atoms with Gasteiger partial charge in [-0.15, -0.1) is 11.3 Å². The molecule has 0 spiro atoms. The summed E-state index contributed by atoms with van der Waals surface area (Å²) in [6.45, 7) is 0. The van der Waals surface area contributed by atoms with Crippen LogP contribution < -0.4 is 15.9 Å². The van der Waals surface area contributed by atoms with E-state index in [1.54, 1.807) is 0 Å². The first kappa shape index (κ1) is 41.9. The molecule has 1 aliphatic rings. The van der Waals surface area contributed by atoms with Crippen LogP contribution in [0.5, 0.6) is 0 Å². The molecule has 1 aliphatic carbocycles. The van der Waals surface area contributed by atoms with Gasteiger partial charge in [0.25, 0.3) is 0 Å². The molecule has 15 aromatic rings. The Bertz CT molecular complexity index is 4700. The highest BCUT2D eigenvalue weighted by atomic mass is 32.1. The van der Waals surface area contributed by atoms with E-state index < -0.39 is 7.92 Å². The van der Waals surface area contributed by atoms with Crippen LogP contribution in [-0.4, -0.2) is 0 Å². The molecular formula is C72H43PS. The van der Waals surface area contributed by atoms with E-state index in [0.717, 1.165) is 0 Å². The van der Waals surface area contributed by atoms with E-state index in [4.69, 9.17) is 0 Å². The molecule has 14 aromatic carbocycles. The Hall–Kier alpha value is -8.71. The van der Waals surface area contributed by atoms with E-state index in [9.17, 15) is 0 Å². The zero-order valence-electron chi connectivity index (χ0n) is 40.2. The summed E-state index contributed by atoms with van der Waals surface area (Å²) in [6.07, 6.45) is 0. The van der Waals surface area contributed by atoms with Crippen LogP contribution >= 0.6 is 19.3 Å². The highest BCUT2D eigenvalue weighted by Gasteiger charge is 2.32. The Morgan fingerprint density at radius 1 is 0.243 bits per heavy atom. The minimum absolute atomic E-state index is 0.992. The van der Waals surface area contributed by atoms with Crippen molar-refractivity contribution in [2.45, 2.75) is 0 Å². The zero-order chi connectivity index (χ0) is 48.4. The van der Waals surface area contributed by atoms with Gasteiger partial charge in [-0.2, -0.15) is 0 Å². The molecule has 0 aliphatic heterocycles. The molecule has 0 saturated heterocycles. The predicted octanol–water partition coefficient (Wildman–Crippen LogP) is 19.4. The van der Waals surface area contributed by atoms with Crippen LogP contribution in [0.15, 0.2) is 261 Å². The first-order valence-electron chi connectivity index (χ1n) is 25.6. The van der Waals surface area contributed by atoms with E-state index in [1.807, 2.05) is 11.3 Å². The molecule has 0 unspecified atom stereocenters. The fourth-order valence-electron chi connectivity index (χ4n) is 12.8. The van der Waals surface area contributed by atoms with E-state index in [-0.39, 0.29) is 0 Å². The highest BCUT2D eigenvalue weighted by Crippen LogP contribution is 2.59. The van der Waals surface area contributed by atoms with Gasteiger partial charge in [0.15, 0.2) is 0 Å². The molecule has 74 heavy (non-hydrogen) atoms. The highest BCUT2D eigenvalue weighted by molar-refractivity contribution is 7.80. The molecule has 1 heterocycles. The second-order valence-electron chi connectivity index (χ2n) is 19.8. The summed E-state index contributed by atoms with van der Waals surface area (Å²) in [6, 6.07) is 98.3. The first-order chi connectivity index (χ1) is 36.7. The fraction of sp³-hybridized carbons (Fsp3) is 0. The average molecular weight is 971 g/mol. The van der Waals surface area contributed by atoms with Gasteiger partial charge in [-0.3, -0.25) is 0 Å². The molecule has 0 fully saturated rings. The summed E-state index contributed by atoms with van der Waals surface area (Å²) < 4.78 is 2.63. The number of hydrogen-bond donors (Lipinski definition) is 0. The Morgan fingerprint density at radius 3 is 1.30 bits per heavy atom. The van der Waals surface area contributed by atoms with Gasteiger partial charge in [-0.1, -0.05) is 237 Å². The van der Waals surface area contributed by atoms with Crippen molar-refractivity contribution in [1.29, 1.82) is 0 Å². The average Bonchev–Trinajstić information content (AvgIpc) is 4.01. The van der Waals surface area contributed by atoms with E-state index in [0.29, 0.717) is 0 Å². The molecule has 2 heteroatoms. The van der Waals surface area contributed by atoms with Crippen LogP contribution in [-0.2, 0) is 0 Å². The third-order valence-electron chi connectivity index (χ3n) is 15.9. The number of benzene rings is 14. The Morgan fingerprint density at radius 2 is 0.716 bits per heavy atom. The summed E-state index contributed by atoms with van der Waals surface area (Å²) in [7, 11) is -0.992. The van der Waals surface area contributed by atoms with Gasteiger partial charge in [0.2, 0.25) is 0 Å². The van der Waals surface area contributed by atoms with Crippen molar-refractivity contribution >= 4 is 120 Å². The molecular weight excluding hydrogens is 928 g/mol. The monoisotopic (exact) mass is 970 g/mol. The molecule has 342 valence electrons. The standard InChI is InChI=1S/C72H43PS/c1-3-18-45(19-4-1)67-57-30-15-16-31-58(57)68(46-20-5-2-6-21-46)72-62-43-66-70(60-32-17-33-61(69(60)62)71(67)72)59-39-36-47(42-65(59)74-66)44-34-37-50(38-35-44)73(63-40-48-22-7-9-24-51(48)53-26-11-13-28-55(53)63)64-41-49-23-8-10-25-52(49)54-27-12-14-29-56(54)64/h1-43H. The molecule has 0 amide bonds. The summed E-state index contributed by atoms with van der Waals surface area (Å²) in [5, 5.41) is 22.4. The number of rotatable bonds is 6. The van der Waals surface area contributed by atoms with Crippen LogP contribution in [0.1, 0.15) is 0 Å². The SMILES string of the molecule is c1ccc(-c2c3c(c(-c4ccccc4)c4ccccc24)-c2cc4sc5cc(-c6ccc(P(c7cc8ccccc8c8ccccc78)c7cc8ccccc8c8ccccc78)cc6)ccc5c4c4cccc-3c24)cc1. The summed E-state index contributed by atoms with van der Waals surface area (Å²) in [5.74, 6) is 0. The van der Waals surface area contributed by atoms with Gasteiger partial charge < -0.3 is 0 Å². The smallest absolute Gasteiger partial charge is 0.0368 e. The second kappa shape index (κ2) is 16.4. The maximum Gasteiger partial charge on any atom is 0.0368 e. The Kier molecular flexibility index (Phi) is 9.28. The van der Waals surface area contributed by atoms with Gasteiger partial charge in [0, 0.05) is 20.2 Å². The first-order valence-corrected chi connectivity index (χ1v) is 27.7. The third kappa shape index (κ3) is 6.18. The van der Waals surface area contributed by atoms with Crippen molar-refractivity contribution in [1.82, 2.24) is 0 Å². The predicted molar refractivity (Wildman–Crippen MR) is 324 cm³/mol. The lowest BCUT2D eigenvalue weighted by Gasteiger charge is -2.25. The molecule has 0 atom stereocenters. The minimum atomic E-state index is -0.992. The van der Waals surface area contributed by atoms with E-state index in [2.05, 4.69) is 261 Å². The van der Waals surface area contributed by atoms with Crippen LogP contribution in [0.25, 0.3) is 140 Å². The molecule has 0 bridgehead atoms. The third-order valence-corrected chi connectivity index (χ3v) is 19.5. The van der Waals surface area contributed by atoms with E-state index in [1.165, 1.54) is 156 Å². The van der Waals surface area contributed by atoms with Gasteiger partial charge >= 0.3 is 0 Å². The number of thiophene rings is 1. The molecule has 1 aromatic heterocycles. The minimum Gasteiger partial charge on any atom is -0.135 e. The van der Waals surface area contributed by atoms with Gasteiger partial charge in [0.1, 0.15) is 0 Å².